The van der Waals surface area contributed by atoms with Crippen molar-refractivity contribution in [2.75, 3.05) is 23.8 Å². The van der Waals surface area contributed by atoms with Crippen LogP contribution in [-0.2, 0) is 4.79 Å². The van der Waals surface area contributed by atoms with Gasteiger partial charge in [-0.15, -0.1) is 0 Å². The highest BCUT2D eigenvalue weighted by atomic mass is 16.2. The molecule has 2 N–H and O–H groups in total. The molecule has 6 heteroatoms. The Balaban J connectivity index is 1.49. The molecule has 0 radical (unpaired) electrons. The van der Waals surface area contributed by atoms with Crippen molar-refractivity contribution < 1.29 is 9.59 Å². The van der Waals surface area contributed by atoms with Crippen molar-refractivity contribution in [2.24, 2.45) is 0 Å². The van der Waals surface area contributed by atoms with Gasteiger partial charge in [-0.25, -0.2) is 4.79 Å². The number of para-hydroxylation sites is 1. The van der Waals surface area contributed by atoms with Crippen molar-refractivity contribution in [3.8, 4) is 0 Å². The van der Waals surface area contributed by atoms with Crippen molar-refractivity contribution in [1.29, 1.82) is 0 Å². The number of aromatic amines is 1. The number of aromatic nitrogens is 1. The highest BCUT2D eigenvalue weighted by molar-refractivity contribution is 6.04. The minimum Gasteiger partial charge on any atom is -0.361 e. The summed E-state index contributed by atoms with van der Waals surface area (Å²) in [4.78, 5) is 31.8. The quantitative estimate of drug-likeness (QED) is 0.761. The normalized spacial score (nSPS) is 16.9. The van der Waals surface area contributed by atoms with Crippen LogP contribution in [0.3, 0.4) is 0 Å². The number of amides is 3. The third kappa shape index (κ3) is 2.79. The van der Waals surface area contributed by atoms with E-state index in [-0.39, 0.29) is 11.9 Å². The maximum Gasteiger partial charge on any atom is 0.322 e. The van der Waals surface area contributed by atoms with Crippen LogP contribution in [0.2, 0.25) is 0 Å². The highest BCUT2D eigenvalue weighted by Crippen LogP contribution is 2.25. The van der Waals surface area contributed by atoms with Gasteiger partial charge in [-0.2, -0.15) is 0 Å². The number of urea groups is 1. The number of H-pyrrole nitrogens is 1. The molecule has 0 aliphatic carbocycles. The Bertz CT molecular complexity index is 951. The molecule has 1 saturated heterocycles. The fourth-order valence-corrected chi connectivity index (χ4v) is 3.43. The predicted molar refractivity (Wildman–Crippen MR) is 102 cm³/mol. The number of benzene rings is 2. The number of fused-ring (bicyclic) bond motifs is 1. The Morgan fingerprint density at radius 2 is 1.96 bits per heavy atom. The second kappa shape index (κ2) is 6.55. The molecule has 2 aromatic carbocycles. The van der Waals surface area contributed by atoms with Gasteiger partial charge in [0, 0.05) is 36.4 Å². The van der Waals surface area contributed by atoms with Crippen LogP contribution in [0.25, 0.3) is 10.9 Å². The molecule has 4 rings (SSSR count). The van der Waals surface area contributed by atoms with Crippen molar-refractivity contribution in [3.05, 3.63) is 60.8 Å². The second-order valence-electron chi connectivity index (χ2n) is 6.42. The Labute approximate surface area is 151 Å². The molecule has 3 aromatic rings. The van der Waals surface area contributed by atoms with Gasteiger partial charge in [-0.1, -0.05) is 24.3 Å². The number of nitrogens with zero attached hydrogens (tertiary/aromatic N) is 2. The maximum atomic E-state index is 12.8. The summed E-state index contributed by atoms with van der Waals surface area (Å²) in [7, 11) is 1.67. The van der Waals surface area contributed by atoms with E-state index < -0.39 is 6.04 Å². The molecule has 0 bridgehead atoms. The number of hydrogen-bond acceptors (Lipinski definition) is 2. The minimum atomic E-state index is -0.458. The highest BCUT2D eigenvalue weighted by Gasteiger charge is 2.37. The van der Waals surface area contributed by atoms with Crippen LogP contribution in [0.1, 0.15) is 6.42 Å². The molecule has 0 spiro atoms. The summed E-state index contributed by atoms with van der Waals surface area (Å²) < 4.78 is 0. The molecule has 1 aliphatic heterocycles. The number of rotatable bonds is 3. The molecule has 6 nitrogen and oxygen atoms in total. The van der Waals surface area contributed by atoms with Gasteiger partial charge >= 0.3 is 6.03 Å². The van der Waals surface area contributed by atoms with E-state index in [1.165, 1.54) is 4.90 Å². The number of anilines is 2. The number of carbonyl (C=O) groups excluding carboxylic acids is 2. The molecule has 1 aromatic heterocycles. The standard InChI is InChI=1S/C20H20N4O2/c1-23(18-11-13-24(19(18)25)14-6-3-2-4-7-14)20(26)22-17-9-5-8-16-15(17)10-12-21-16/h2-10,12,18,21H,11,13H2,1H3,(H,22,26)/t18-/m1/s1. The van der Waals surface area contributed by atoms with Crippen LogP contribution in [0.4, 0.5) is 16.2 Å². The molecule has 132 valence electrons. The van der Waals surface area contributed by atoms with Crippen molar-refractivity contribution in [3.63, 3.8) is 0 Å². The molecule has 1 aliphatic rings. The number of hydrogen-bond donors (Lipinski definition) is 2. The van der Waals surface area contributed by atoms with Gasteiger partial charge in [0.25, 0.3) is 0 Å². The lowest BCUT2D eigenvalue weighted by Crippen LogP contribution is -2.44. The van der Waals surface area contributed by atoms with E-state index in [0.29, 0.717) is 13.0 Å². The van der Waals surface area contributed by atoms with Gasteiger partial charge in [0.05, 0.1) is 5.69 Å². The largest absolute Gasteiger partial charge is 0.361 e. The van der Waals surface area contributed by atoms with Crippen molar-refractivity contribution in [2.45, 2.75) is 12.5 Å². The summed E-state index contributed by atoms with van der Waals surface area (Å²) >= 11 is 0. The third-order valence-electron chi connectivity index (χ3n) is 4.87. The van der Waals surface area contributed by atoms with Gasteiger partial charge < -0.3 is 20.1 Å². The summed E-state index contributed by atoms with van der Waals surface area (Å²) in [5.74, 6) is -0.0475. The van der Waals surface area contributed by atoms with E-state index in [2.05, 4.69) is 10.3 Å². The first-order chi connectivity index (χ1) is 12.6. The van der Waals surface area contributed by atoms with Gasteiger partial charge in [-0.05, 0) is 36.8 Å². The van der Waals surface area contributed by atoms with E-state index in [1.54, 1.807) is 11.9 Å². The summed E-state index contributed by atoms with van der Waals surface area (Å²) in [6.45, 7) is 0.610. The van der Waals surface area contributed by atoms with Gasteiger partial charge in [-0.3, -0.25) is 4.79 Å². The zero-order chi connectivity index (χ0) is 18.1. The zero-order valence-corrected chi connectivity index (χ0v) is 14.5. The van der Waals surface area contributed by atoms with Crippen LogP contribution >= 0.6 is 0 Å². The van der Waals surface area contributed by atoms with Crippen LogP contribution in [0, 0.1) is 0 Å². The van der Waals surface area contributed by atoms with Crippen LogP contribution in [0.15, 0.2) is 60.8 Å². The topological polar surface area (TPSA) is 68.4 Å². The number of carbonyl (C=O) groups is 2. The van der Waals surface area contributed by atoms with Crippen molar-refractivity contribution in [1.82, 2.24) is 9.88 Å². The second-order valence-corrected chi connectivity index (χ2v) is 6.42. The molecule has 3 amide bonds. The Hall–Kier alpha value is -3.28. The van der Waals surface area contributed by atoms with Crippen LogP contribution in [-0.4, -0.2) is 41.5 Å². The van der Waals surface area contributed by atoms with E-state index in [1.807, 2.05) is 60.8 Å². The first-order valence-corrected chi connectivity index (χ1v) is 8.61. The first kappa shape index (κ1) is 16.2. The lowest BCUT2D eigenvalue weighted by atomic mass is 10.2. The minimum absolute atomic E-state index is 0.0475. The molecule has 2 heterocycles. The molecule has 0 unspecified atom stereocenters. The molecule has 0 saturated carbocycles. The Kier molecular flexibility index (Phi) is 4.08. The Morgan fingerprint density at radius 3 is 2.77 bits per heavy atom. The molecule has 1 atom stereocenters. The van der Waals surface area contributed by atoms with Gasteiger partial charge in [0.15, 0.2) is 0 Å². The molecule has 1 fully saturated rings. The van der Waals surface area contributed by atoms with Crippen LogP contribution < -0.4 is 10.2 Å². The SMILES string of the molecule is CN(C(=O)Nc1cccc2[nH]ccc12)[C@@H]1CCN(c2ccccc2)C1=O. The Morgan fingerprint density at radius 1 is 1.15 bits per heavy atom. The lowest BCUT2D eigenvalue weighted by molar-refractivity contribution is -0.120. The van der Waals surface area contributed by atoms with Crippen LogP contribution in [0.5, 0.6) is 0 Å². The first-order valence-electron chi connectivity index (χ1n) is 8.61. The lowest BCUT2D eigenvalue weighted by Gasteiger charge is -2.24. The van der Waals surface area contributed by atoms with E-state index in [4.69, 9.17) is 0 Å². The van der Waals surface area contributed by atoms with E-state index in [0.717, 1.165) is 22.3 Å². The number of likely N-dealkylation sites (N-methyl/N-ethyl adjacent to an activating group) is 1. The summed E-state index contributed by atoms with van der Waals surface area (Å²) in [5, 5.41) is 3.86. The summed E-state index contributed by atoms with van der Waals surface area (Å²) in [6.07, 6.45) is 2.45. The smallest absolute Gasteiger partial charge is 0.322 e. The maximum absolute atomic E-state index is 12.8. The van der Waals surface area contributed by atoms with Crippen molar-refractivity contribution >= 4 is 34.2 Å². The fraction of sp³-hybridized carbons (Fsp3) is 0.200. The van der Waals surface area contributed by atoms with Gasteiger partial charge in [0.1, 0.15) is 6.04 Å². The third-order valence-corrected chi connectivity index (χ3v) is 4.87. The monoisotopic (exact) mass is 348 g/mol. The fourth-order valence-electron chi connectivity index (χ4n) is 3.43. The van der Waals surface area contributed by atoms with Gasteiger partial charge in [0.2, 0.25) is 5.91 Å². The summed E-state index contributed by atoms with van der Waals surface area (Å²) in [5.41, 5.74) is 2.55. The molecular weight excluding hydrogens is 328 g/mol. The zero-order valence-electron chi connectivity index (χ0n) is 14.5. The predicted octanol–water partition coefficient (Wildman–Crippen LogP) is 3.44. The number of nitrogens with one attached hydrogen (secondary N) is 2. The van der Waals surface area contributed by atoms with E-state index in [9.17, 15) is 9.59 Å². The summed E-state index contributed by atoms with van der Waals surface area (Å²) in [6, 6.07) is 16.4. The molecule has 26 heavy (non-hydrogen) atoms. The van der Waals surface area contributed by atoms with E-state index >= 15 is 0 Å². The average molecular weight is 348 g/mol. The average Bonchev–Trinajstić information content (AvgIpc) is 3.29. The molecular formula is C20H20N4O2.